The van der Waals surface area contributed by atoms with E-state index in [-0.39, 0.29) is 5.54 Å². The number of hydrogen-bond donors (Lipinski definition) is 2. The first kappa shape index (κ1) is 10.9. The van der Waals surface area contributed by atoms with Crippen LogP contribution in [0.3, 0.4) is 0 Å². The normalized spacial score (nSPS) is 14.9. The van der Waals surface area contributed by atoms with Crippen molar-refractivity contribution in [2.75, 3.05) is 11.9 Å². The number of nitrogens with zero attached hydrogens (tertiary/aromatic N) is 3. The van der Waals surface area contributed by atoms with Crippen LogP contribution in [0.4, 0.5) is 5.82 Å². The van der Waals surface area contributed by atoms with Crippen molar-refractivity contribution in [3.05, 3.63) is 24.7 Å². The van der Waals surface area contributed by atoms with E-state index in [1.807, 2.05) is 12.3 Å². The van der Waals surface area contributed by atoms with Crippen LogP contribution in [0.2, 0.25) is 0 Å². The number of rotatable bonds is 4. The summed E-state index contributed by atoms with van der Waals surface area (Å²) < 4.78 is 1.79. The van der Waals surface area contributed by atoms with E-state index in [1.165, 1.54) is 0 Å². The third-order valence-electron chi connectivity index (χ3n) is 2.98. The average molecular weight is 219 g/mol. The number of hydrogen-bond acceptors (Lipinski definition) is 4. The Morgan fingerprint density at radius 1 is 1.50 bits per heavy atom. The first-order valence-corrected chi connectivity index (χ1v) is 5.45. The van der Waals surface area contributed by atoms with E-state index in [1.54, 1.807) is 16.9 Å². The van der Waals surface area contributed by atoms with Gasteiger partial charge in [-0.2, -0.15) is 5.10 Å². The Bertz CT molecular complexity index is 472. The number of fused-ring (bicyclic) bond motifs is 1. The van der Waals surface area contributed by atoms with Crippen molar-refractivity contribution >= 4 is 11.3 Å². The van der Waals surface area contributed by atoms with Crippen molar-refractivity contribution in [1.82, 2.24) is 14.6 Å². The van der Waals surface area contributed by atoms with Gasteiger partial charge in [0.15, 0.2) is 5.82 Å². The molecular formula is C11H17N5. The maximum atomic E-state index is 5.77. The molecule has 1 unspecified atom stereocenters. The monoisotopic (exact) mass is 219 g/mol. The van der Waals surface area contributed by atoms with Crippen molar-refractivity contribution in [1.29, 1.82) is 0 Å². The summed E-state index contributed by atoms with van der Waals surface area (Å²) in [6, 6.07) is 1.93. The molecule has 0 spiro atoms. The molecule has 0 aliphatic carbocycles. The van der Waals surface area contributed by atoms with Gasteiger partial charge in [0.05, 0.1) is 6.20 Å². The summed E-state index contributed by atoms with van der Waals surface area (Å²) in [7, 11) is 0. The fraction of sp³-hybridized carbons (Fsp3) is 0.455. The quantitative estimate of drug-likeness (QED) is 0.812. The Morgan fingerprint density at radius 2 is 2.31 bits per heavy atom. The van der Waals surface area contributed by atoms with Crippen LogP contribution in [0.15, 0.2) is 24.7 Å². The number of nitrogens with one attached hydrogen (secondary N) is 1. The summed E-state index contributed by atoms with van der Waals surface area (Å²) in [6.07, 6.45) is 6.26. The molecule has 2 aromatic heterocycles. The number of anilines is 1. The third kappa shape index (κ3) is 1.86. The van der Waals surface area contributed by atoms with Crippen molar-refractivity contribution in [2.24, 2.45) is 5.73 Å². The lowest BCUT2D eigenvalue weighted by molar-refractivity contribution is 0.505. The lowest BCUT2D eigenvalue weighted by Crippen LogP contribution is -2.42. The zero-order chi connectivity index (χ0) is 11.6. The predicted octanol–water partition coefficient (Wildman–Crippen LogP) is 1.27. The van der Waals surface area contributed by atoms with E-state index < -0.39 is 0 Å². The molecule has 0 radical (unpaired) electrons. The summed E-state index contributed by atoms with van der Waals surface area (Å²) in [4.78, 5) is 4.33. The Balaban J connectivity index is 2.37. The maximum absolute atomic E-state index is 5.77. The van der Waals surface area contributed by atoms with E-state index in [4.69, 9.17) is 5.73 Å². The Kier molecular flexibility index (Phi) is 2.78. The topological polar surface area (TPSA) is 68.2 Å². The summed E-state index contributed by atoms with van der Waals surface area (Å²) in [6.45, 7) is 4.77. The van der Waals surface area contributed by atoms with E-state index in [0.29, 0.717) is 6.54 Å². The van der Waals surface area contributed by atoms with Gasteiger partial charge in [-0.25, -0.2) is 9.50 Å². The van der Waals surface area contributed by atoms with Crippen LogP contribution >= 0.6 is 0 Å². The fourth-order valence-electron chi connectivity index (χ4n) is 1.52. The van der Waals surface area contributed by atoms with Gasteiger partial charge in [0, 0.05) is 24.5 Å². The zero-order valence-electron chi connectivity index (χ0n) is 9.64. The molecule has 86 valence electrons. The fourth-order valence-corrected chi connectivity index (χ4v) is 1.52. The summed E-state index contributed by atoms with van der Waals surface area (Å²) in [5, 5.41) is 7.55. The summed E-state index contributed by atoms with van der Waals surface area (Å²) >= 11 is 0. The van der Waals surface area contributed by atoms with Crippen LogP contribution in [-0.4, -0.2) is 26.7 Å². The van der Waals surface area contributed by atoms with Crippen LogP contribution in [0.1, 0.15) is 20.3 Å². The van der Waals surface area contributed by atoms with Crippen molar-refractivity contribution in [3.63, 3.8) is 0 Å². The molecule has 0 aliphatic heterocycles. The lowest BCUT2D eigenvalue weighted by Gasteiger charge is -2.28. The minimum absolute atomic E-state index is 0.126. The molecule has 2 aromatic rings. The van der Waals surface area contributed by atoms with Gasteiger partial charge in [-0.1, -0.05) is 6.92 Å². The van der Waals surface area contributed by atoms with E-state index in [0.717, 1.165) is 17.8 Å². The van der Waals surface area contributed by atoms with Gasteiger partial charge in [-0.15, -0.1) is 0 Å². The van der Waals surface area contributed by atoms with Crippen LogP contribution < -0.4 is 11.1 Å². The van der Waals surface area contributed by atoms with Crippen molar-refractivity contribution < 1.29 is 0 Å². The Labute approximate surface area is 94.7 Å². The minimum atomic E-state index is -0.126. The van der Waals surface area contributed by atoms with Crippen molar-refractivity contribution in [3.8, 4) is 0 Å². The van der Waals surface area contributed by atoms with Gasteiger partial charge < -0.3 is 11.1 Å². The summed E-state index contributed by atoms with van der Waals surface area (Å²) in [5.74, 6) is 0.829. The van der Waals surface area contributed by atoms with Gasteiger partial charge in [-0.3, -0.25) is 0 Å². The first-order chi connectivity index (χ1) is 7.68. The Hall–Kier alpha value is -1.62. The molecule has 0 amide bonds. The highest BCUT2D eigenvalue weighted by molar-refractivity contribution is 5.67. The molecule has 1 atom stereocenters. The zero-order valence-corrected chi connectivity index (χ0v) is 9.64. The smallest absolute Gasteiger partial charge is 0.152 e. The highest BCUT2D eigenvalue weighted by Gasteiger charge is 2.21. The van der Waals surface area contributed by atoms with Crippen LogP contribution in [-0.2, 0) is 0 Å². The van der Waals surface area contributed by atoms with Gasteiger partial charge in [0.25, 0.3) is 0 Å². The maximum Gasteiger partial charge on any atom is 0.152 e. The van der Waals surface area contributed by atoms with E-state index >= 15 is 0 Å². The molecule has 3 N–H and O–H groups in total. The standard InChI is InChI=1S/C11H17N5/c1-3-11(2,8-12)15-10-9-4-5-14-16(9)7-6-13-10/h4-7H,3,8,12H2,1-2H3,(H,13,15). The molecule has 0 saturated heterocycles. The SMILES string of the molecule is CCC(C)(CN)Nc1nccn2nccc12. The molecule has 16 heavy (non-hydrogen) atoms. The second kappa shape index (κ2) is 4.09. The molecule has 5 nitrogen and oxygen atoms in total. The van der Waals surface area contributed by atoms with Crippen molar-refractivity contribution in [2.45, 2.75) is 25.8 Å². The number of aromatic nitrogens is 3. The van der Waals surface area contributed by atoms with E-state index in [2.05, 4.69) is 29.2 Å². The minimum Gasteiger partial charge on any atom is -0.362 e. The van der Waals surface area contributed by atoms with Crippen LogP contribution in [0, 0.1) is 0 Å². The first-order valence-electron chi connectivity index (χ1n) is 5.45. The van der Waals surface area contributed by atoms with Crippen LogP contribution in [0.25, 0.3) is 5.52 Å². The highest BCUT2D eigenvalue weighted by atomic mass is 15.2. The molecule has 0 bridgehead atoms. The molecule has 2 rings (SSSR count). The van der Waals surface area contributed by atoms with Crippen LogP contribution in [0.5, 0.6) is 0 Å². The molecule has 0 aliphatic rings. The van der Waals surface area contributed by atoms with Gasteiger partial charge in [0.1, 0.15) is 5.52 Å². The summed E-state index contributed by atoms with van der Waals surface area (Å²) in [5.41, 5.74) is 6.61. The largest absolute Gasteiger partial charge is 0.362 e. The highest BCUT2D eigenvalue weighted by Crippen LogP contribution is 2.19. The molecule has 0 saturated carbocycles. The third-order valence-corrected chi connectivity index (χ3v) is 2.98. The predicted molar refractivity (Wildman–Crippen MR) is 64.4 cm³/mol. The molecule has 0 aromatic carbocycles. The van der Waals surface area contributed by atoms with Gasteiger partial charge in [0.2, 0.25) is 0 Å². The second-order valence-corrected chi connectivity index (χ2v) is 4.18. The Morgan fingerprint density at radius 3 is 3.00 bits per heavy atom. The van der Waals surface area contributed by atoms with E-state index in [9.17, 15) is 0 Å². The molecule has 5 heteroatoms. The van der Waals surface area contributed by atoms with Gasteiger partial charge in [-0.05, 0) is 19.4 Å². The van der Waals surface area contributed by atoms with Gasteiger partial charge >= 0.3 is 0 Å². The number of nitrogens with two attached hydrogens (primary N) is 1. The molecular weight excluding hydrogens is 202 g/mol. The second-order valence-electron chi connectivity index (χ2n) is 4.18. The lowest BCUT2D eigenvalue weighted by atomic mass is 9.99. The average Bonchev–Trinajstić information content (AvgIpc) is 2.78. The molecule has 0 fully saturated rings. The molecule has 2 heterocycles.